The van der Waals surface area contributed by atoms with Crippen LogP contribution in [-0.4, -0.2) is 0 Å². The van der Waals surface area contributed by atoms with E-state index in [0.717, 1.165) is 0 Å². The molecule has 0 fully saturated rings. The van der Waals surface area contributed by atoms with Crippen LogP contribution in [0.1, 0.15) is 24.1 Å². The lowest BCUT2D eigenvalue weighted by Gasteiger charge is -2.15. The minimum absolute atomic E-state index is 0.337. The van der Waals surface area contributed by atoms with Crippen molar-refractivity contribution < 1.29 is 0 Å². The van der Waals surface area contributed by atoms with Crippen molar-refractivity contribution in [3.8, 4) is 0 Å². The third-order valence-electron chi connectivity index (χ3n) is 2.73. The number of benzene rings is 2. The zero-order valence-electron chi connectivity index (χ0n) is 9.77. The van der Waals surface area contributed by atoms with Gasteiger partial charge in [0.25, 0.3) is 0 Å². The molecule has 0 aliphatic heterocycles. The highest BCUT2D eigenvalue weighted by molar-refractivity contribution is 5.46. The van der Waals surface area contributed by atoms with Crippen LogP contribution in [0.25, 0.3) is 0 Å². The van der Waals surface area contributed by atoms with Gasteiger partial charge in [-0.2, -0.15) is 0 Å². The maximum absolute atomic E-state index is 3.49. The van der Waals surface area contributed by atoms with Gasteiger partial charge in [0.15, 0.2) is 0 Å². The molecule has 2 aromatic carbocycles. The van der Waals surface area contributed by atoms with Crippen LogP contribution in [0, 0.1) is 6.92 Å². The molecular formula is C15H17N. The van der Waals surface area contributed by atoms with Crippen molar-refractivity contribution in [2.75, 3.05) is 5.32 Å². The molecule has 0 aromatic heterocycles. The Balaban J connectivity index is 2.08. The average molecular weight is 211 g/mol. The van der Waals surface area contributed by atoms with Crippen molar-refractivity contribution in [3.05, 3.63) is 65.7 Å². The molecule has 0 radical (unpaired) electrons. The van der Waals surface area contributed by atoms with Gasteiger partial charge >= 0.3 is 0 Å². The van der Waals surface area contributed by atoms with E-state index >= 15 is 0 Å². The molecule has 16 heavy (non-hydrogen) atoms. The fourth-order valence-electron chi connectivity index (χ4n) is 1.72. The summed E-state index contributed by atoms with van der Waals surface area (Å²) in [5, 5.41) is 3.49. The highest BCUT2D eigenvalue weighted by Gasteiger charge is 2.03. The molecule has 0 spiro atoms. The molecule has 0 heterocycles. The Morgan fingerprint density at radius 1 is 0.875 bits per heavy atom. The van der Waals surface area contributed by atoms with Crippen LogP contribution in [0.4, 0.5) is 5.69 Å². The average Bonchev–Trinajstić information content (AvgIpc) is 2.33. The van der Waals surface area contributed by atoms with Crippen LogP contribution in [0.15, 0.2) is 54.6 Å². The van der Waals surface area contributed by atoms with Crippen LogP contribution in [0.3, 0.4) is 0 Å². The van der Waals surface area contributed by atoms with Crippen LogP contribution < -0.4 is 5.32 Å². The molecule has 2 aromatic rings. The number of hydrogen-bond acceptors (Lipinski definition) is 1. The van der Waals surface area contributed by atoms with E-state index in [2.05, 4.69) is 67.7 Å². The molecule has 1 atom stereocenters. The van der Waals surface area contributed by atoms with Gasteiger partial charge in [-0.3, -0.25) is 0 Å². The predicted molar refractivity (Wildman–Crippen MR) is 69.7 cm³/mol. The van der Waals surface area contributed by atoms with Crippen molar-refractivity contribution >= 4 is 5.69 Å². The summed E-state index contributed by atoms with van der Waals surface area (Å²) in [7, 11) is 0. The highest BCUT2D eigenvalue weighted by Crippen LogP contribution is 2.18. The molecule has 0 aliphatic rings. The molecule has 1 nitrogen and oxygen atoms in total. The van der Waals surface area contributed by atoms with Crippen molar-refractivity contribution in [1.29, 1.82) is 0 Å². The van der Waals surface area contributed by atoms with Crippen molar-refractivity contribution in [2.24, 2.45) is 0 Å². The summed E-state index contributed by atoms with van der Waals surface area (Å²) < 4.78 is 0. The predicted octanol–water partition coefficient (Wildman–Crippen LogP) is 4.17. The summed E-state index contributed by atoms with van der Waals surface area (Å²) in [6.07, 6.45) is 0. The standard InChI is InChI=1S/C15H17N/c1-12-8-10-15(11-9-12)16-13(2)14-6-4-3-5-7-14/h3-11,13,16H,1-2H3/t13-/m1/s1. The van der Waals surface area contributed by atoms with Crippen molar-refractivity contribution in [2.45, 2.75) is 19.9 Å². The lowest BCUT2D eigenvalue weighted by Crippen LogP contribution is -2.06. The first-order valence-electron chi connectivity index (χ1n) is 5.64. The zero-order valence-corrected chi connectivity index (χ0v) is 9.77. The second kappa shape index (κ2) is 4.84. The van der Waals surface area contributed by atoms with Gasteiger partial charge in [0.1, 0.15) is 0 Å². The minimum Gasteiger partial charge on any atom is -0.379 e. The molecule has 0 aliphatic carbocycles. The number of hydrogen-bond donors (Lipinski definition) is 1. The fourth-order valence-corrected chi connectivity index (χ4v) is 1.72. The summed E-state index contributed by atoms with van der Waals surface area (Å²) in [5.41, 5.74) is 3.77. The van der Waals surface area contributed by atoms with Crippen LogP contribution in [0.5, 0.6) is 0 Å². The van der Waals surface area contributed by atoms with E-state index in [4.69, 9.17) is 0 Å². The first-order valence-corrected chi connectivity index (χ1v) is 5.64. The van der Waals surface area contributed by atoms with Crippen LogP contribution in [0.2, 0.25) is 0 Å². The molecule has 0 unspecified atom stereocenters. The van der Waals surface area contributed by atoms with Gasteiger partial charge in [-0.25, -0.2) is 0 Å². The summed E-state index contributed by atoms with van der Waals surface area (Å²) in [4.78, 5) is 0. The van der Waals surface area contributed by atoms with Crippen LogP contribution >= 0.6 is 0 Å². The van der Waals surface area contributed by atoms with Gasteiger partial charge in [-0.15, -0.1) is 0 Å². The maximum Gasteiger partial charge on any atom is 0.0485 e. The zero-order chi connectivity index (χ0) is 11.4. The van der Waals surface area contributed by atoms with Gasteiger partial charge in [-0.1, -0.05) is 48.0 Å². The Hall–Kier alpha value is -1.76. The second-order valence-electron chi connectivity index (χ2n) is 4.14. The fraction of sp³-hybridized carbons (Fsp3) is 0.200. The maximum atomic E-state index is 3.49. The summed E-state index contributed by atoms with van der Waals surface area (Å²) >= 11 is 0. The van der Waals surface area contributed by atoms with Crippen molar-refractivity contribution in [3.63, 3.8) is 0 Å². The molecular weight excluding hydrogens is 194 g/mol. The smallest absolute Gasteiger partial charge is 0.0485 e. The van der Waals surface area contributed by atoms with Gasteiger partial charge in [0.05, 0.1) is 0 Å². The van der Waals surface area contributed by atoms with E-state index < -0.39 is 0 Å². The quantitative estimate of drug-likeness (QED) is 0.803. The van der Waals surface area contributed by atoms with E-state index in [9.17, 15) is 0 Å². The molecule has 0 saturated heterocycles. The first-order chi connectivity index (χ1) is 7.75. The summed E-state index contributed by atoms with van der Waals surface area (Å²) in [6, 6.07) is 19.3. The van der Waals surface area contributed by atoms with E-state index in [1.807, 2.05) is 6.07 Å². The monoisotopic (exact) mass is 211 g/mol. The molecule has 82 valence electrons. The van der Waals surface area contributed by atoms with Crippen molar-refractivity contribution in [1.82, 2.24) is 0 Å². The Morgan fingerprint density at radius 3 is 2.12 bits per heavy atom. The molecule has 1 N–H and O–H groups in total. The van der Waals surface area contributed by atoms with E-state index in [-0.39, 0.29) is 0 Å². The second-order valence-corrected chi connectivity index (χ2v) is 4.14. The van der Waals surface area contributed by atoms with Gasteiger partial charge in [0.2, 0.25) is 0 Å². The number of nitrogens with one attached hydrogen (secondary N) is 1. The molecule has 1 heteroatoms. The highest BCUT2D eigenvalue weighted by atomic mass is 14.9. The Bertz CT molecular complexity index is 431. The molecule has 0 saturated carbocycles. The minimum atomic E-state index is 0.337. The van der Waals surface area contributed by atoms with Crippen LogP contribution in [-0.2, 0) is 0 Å². The number of aryl methyl sites for hydroxylation is 1. The van der Waals surface area contributed by atoms with Gasteiger partial charge in [0, 0.05) is 11.7 Å². The number of anilines is 1. The largest absolute Gasteiger partial charge is 0.379 e. The lowest BCUT2D eigenvalue weighted by molar-refractivity contribution is 0.885. The van der Waals surface area contributed by atoms with Gasteiger partial charge < -0.3 is 5.32 Å². The SMILES string of the molecule is Cc1ccc(N[C@H](C)c2ccccc2)cc1. The molecule has 0 amide bonds. The Labute approximate surface area is 97.1 Å². The Kier molecular flexibility index (Phi) is 3.25. The topological polar surface area (TPSA) is 12.0 Å². The van der Waals surface area contributed by atoms with E-state index in [1.54, 1.807) is 0 Å². The van der Waals surface area contributed by atoms with E-state index in [0.29, 0.717) is 6.04 Å². The van der Waals surface area contributed by atoms with E-state index in [1.165, 1.54) is 16.8 Å². The Morgan fingerprint density at radius 2 is 1.50 bits per heavy atom. The summed E-state index contributed by atoms with van der Waals surface area (Å²) in [6.45, 7) is 4.28. The third-order valence-corrected chi connectivity index (χ3v) is 2.73. The first kappa shape index (κ1) is 10.7. The summed E-state index contributed by atoms with van der Waals surface area (Å²) in [5.74, 6) is 0. The lowest BCUT2D eigenvalue weighted by atomic mass is 10.1. The molecule has 0 bridgehead atoms. The molecule has 2 rings (SSSR count). The normalized spacial score (nSPS) is 12.1. The van der Waals surface area contributed by atoms with Gasteiger partial charge in [-0.05, 0) is 31.5 Å². The number of rotatable bonds is 3. The third kappa shape index (κ3) is 2.63.